The van der Waals surface area contributed by atoms with Crippen molar-refractivity contribution >= 4 is 28.0 Å². The first-order valence-electron chi connectivity index (χ1n) is 9.81. The van der Waals surface area contributed by atoms with Crippen LogP contribution in [0.2, 0.25) is 0 Å². The lowest BCUT2D eigenvalue weighted by molar-refractivity contribution is 0.102. The van der Waals surface area contributed by atoms with Gasteiger partial charge >= 0.3 is 0 Å². The van der Waals surface area contributed by atoms with Crippen LogP contribution in [0.4, 0.5) is 5.69 Å². The Labute approximate surface area is 178 Å². The first-order valence-corrected chi connectivity index (χ1v) is 9.81. The molecule has 0 fully saturated rings. The molecule has 3 aromatic carbocycles. The van der Waals surface area contributed by atoms with Crippen molar-refractivity contribution in [3.63, 3.8) is 0 Å². The van der Waals surface area contributed by atoms with Crippen LogP contribution in [0.3, 0.4) is 0 Å². The average Bonchev–Trinajstić information content (AvgIpc) is 3.23. The van der Waals surface area contributed by atoms with E-state index in [2.05, 4.69) is 20.6 Å². The van der Waals surface area contributed by atoms with Gasteiger partial charge in [0.05, 0.1) is 18.4 Å². The van der Waals surface area contributed by atoms with Crippen LogP contribution in [0, 0.1) is 6.92 Å². The zero-order chi connectivity index (χ0) is 21.4. The second-order valence-electron chi connectivity index (χ2n) is 7.12. The van der Waals surface area contributed by atoms with Crippen LogP contribution >= 0.6 is 0 Å². The van der Waals surface area contributed by atoms with Crippen LogP contribution in [0.15, 0.2) is 72.8 Å². The van der Waals surface area contributed by atoms with E-state index >= 15 is 0 Å². The molecule has 0 aliphatic heterocycles. The van der Waals surface area contributed by atoms with Crippen LogP contribution in [-0.4, -0.2) is 32.8 Å². The molecule has 0 bridgehead atoms. The van der Waals surface area contributed by atoms with Crippen molar-refractivity contribution in [2.45, 2.75) is 6.92 Å². The number of anilines is 1. The van der Waals surface area contributed by atoms with Crippen LogP contribution < -0.4 is 10.1 Å². The van der Waals surface area contributed by atoms with Crippen LogP contribution in [0.5, 0.6) is 5.75 Å². The summed E-state index contributed by atoms with van der Waals surface area (Å²) in [6.07, 6.45) is 0. The molecule has 5 rings (SSSR count). The Morgan fingerprint density at radius 1 is 0.903 bits per heavy atom. The van der Waals surface area contributed by atoms with Gasteiger partial charge in [0, 0.05) is 22.0 Å². The Hall–Kier alpha value is -4.26. The van der Waals surface area contributed by atoms with Gasteiger partial charge in [-0.3, -0.25) is 4.79 Å². The monoisotopic (exact) mass is 409 g/mol. The number of hydrogen-bond donors (Lipinski definition) is 1. The Morgan fingerprint density at radius 2 is 1.61 bits per heavy atom. The quantitative estimate of drug-likeness (QED) is 0.472. The van der Waals surface area contributed by atoms with Gasteiger partial charge in [0.2, 0.25) is 0 Å². The number of nitrogens with zero attached hydrogens (tertiary/aromatic N) is 4. The maximum atomic E-state index is 12.6. The molecule has 0 aliphatic carbocycles. The van der Waals surface area contributed by atoms with Crippen LogP contribution in [0.1, 0.15) is 16.1 Å². The number of fused-ring (bicyclic) bond motifs is 3. The summed E-state index contributed by atoms with van der Waals surface area (Å²) in [5.74, 6) is 0.938. The van der Waals surface area contributed by atoms with Crippen molar-refractivity contribution in [2.75, 3.05) is 12.4 Å². The van der Waals surface area contributed by atoms with Gasteiger partial charge < -0.3 is 10.1 Å². The standard InChI is InChI=1S/C24H19N5O2/c1-15-18-7-3-4-8-19(18)23-27-26-22(29(23)28-15)16-11-13-17(14-12-16)25-24(30)20-9-5-6-10-21(20)31-2/h3-14H,1-2H3,(H,25,30). The first kappa shape index (κ1) is 18.7. The molecular weight excluding hydrogens is 390 g/mol. The maximum Gasteiger partial charge on any atom is 0.259 e. The highest BCUT2D eigenvalue weighted by Crippen LogP contribution is 2.26. The summed E-state index contributed by atoms with van der Waals surface area (Å²) in [7, 11) is 1.54. The molecule has 0 aliphatic rings. The van der Waals surface area contributed by atoms with E-state index in [0.29, 0.717) is 28.5 Å². The molecule has 0 radical (unpaired) electrons. The highest BCUT2D eigenvalue weighted by atomic mass is 16.5. The summed E-state index contributed by atoms with van der Waals surface area (Å²) in [4.78, 5) is 12.6. The summed E-state index contributed by atoms with van der Waals surface area (Å²) in [6, 6.07) is 22.6. The molecule has 1 N–H and O–H groups in total. The third-order valence-electron chi connectivity index (χ3n) is 5.20. The molecule has 7 nitrogen and oxygen atoms in total. The van der Waals surface area contributed by atoms with E-state index in [-0.39, 0.29) is 5.91 Å². The number of carbonyl (C=O) groups excluding carboxylic acids is 1. The number of aromatic nitrogens is 4. The molecule has 152 valence electrons. The van der Waals surface area contributed by atoms with E-state index in [1.165, 1.54) is 0 Å². The lowest BCUT2D eigenvalue weighted by atomic mass is 10.1. The molecule has 0 unspecified atom stereocenters. The lowest BCUT2D eigenvalue weighted by Crippen LogP contribution is -2.13. The Morgan fingerprint density at radius 3 is 2.39 bits per heavy atom. The van der Waals surface area contributed by atoms with E-state index in [4.69, 9.17) is 4.74 Å². The van der Waals surface area contributed by atoms with Gasteiger partial charge in [-0.15, -0.1) is 10.2 Å². The van der Waals surface area contributed by atoms with Gasteiger partial charge in [0.15, 0.2) is 11.5 Å². The van der Waals surface area contributed by atoms with Crippen molar-refractivity contribution in [1.29, 1.82) is 0 Å². The summed E-state index contributed by atoms with van der Waals surface area (Å²) < 4.78 is 7.03. The van der Waals surface area contributed by atoms with Gasteiger partial charge in [-0.25, -0.2) is 0 Å². The zero-order valence-electron chi connectivity index (χ0n) is 17.0. The summed E-state index contributed by atoms with van der Waals surface area (Å²) in [5.41, 5.74) is 3.62. The minimum Gasteiger partial charge on any atom is -0.496 e. The zero-order valence-corrected chi connectivity index (χ0v) is 17.0. The van der Waals surface area contributed by atoms with Gasteiger partial charge in [-0.2, -0.15) is 9.61 Å². The molecule has 7 heteroatoms. The molecule has 5 aromatic rings. The number of ether oxygens (including phenoxy) is 1. The maximum absolute atomic E-state index is 12.6. The minimum absolute atomic E-state index is 0.234. The van der Waals surface area contributed by atoms with Crippen molar-refractivity contribution < 1.29 is 9.53 Å². The fraction of sp³-hybridized carbons (Fsp3) is 0.0833. The number of aryl methyl sites for hydroxylation is 1. The number of amides is 1. The highest BCUT2D eigenvalue weighted by molar-refractivity contribution is 6.06. The van der Waals surface area contributed by atoms with Gasteiger partial charge in [-0.1, -0.05) is 36.4 Å². The Kier molecular flexibility index (Phi) is 4.55. The number of carbonyl (C=O) groups is 1. The third kappa shape index (κ3) is 3.26. The topological polar surface area (TPSA) is 81.4 Å². The number of para-hydroxylation sites is 1. The summed E-state index contributed by atoms with van der Waals surface area (Å²) in [5, 5.41) is 18.4. The normalized spacial score (nSPS) is 11.0. The molecular formula is C24H19N5O2. The predicted octanol–water partition coefficient (Wildman–Crippen LogP) is 4.51. The van der Waals surface area contributed by atoms with E-state index < -0.39 is 0 Å². The summed E-state index contributed by atoms with van der Waals surface area (Å²) in [6.45, 7) is 1.97. The smallest absolute Gasteiger partial charge is 0.259 e. The van der Waals surface area contributed by atoms with Gasteiger partial charge in [-0.05, 0) is 43.3 Å². The van der Waals surface area contributed by atoms with Crippen LogP contribution in [-0.2, 0) is 0 Å². The highest BCUT2D eigenvalue weighted by Gasteiger charge is 2.15. The van der Waals surface area contributed by atoms with E-state index in [9.17, 15) is 4.79 Å². The van der Waals surface area contributed by atoms with Gasteiger partial charge in [0.1, 0.15) is 5.75 Å². The van der Waals surface area contributed by atoms with E-state index in [0.717, 1.165) is 22.0 Å². The molecule has 2 aromatic heterocycles. The second-order valence-corrected chi connectivity index (χ2v) is 7.12. The van der Waals surface area contributed by atoms with Crippen LogP contribution in [0.25, 0.3) is 27.8 Å². The fourth-order valence-corrected chi connectivity index (χ4v) is 3.65. The fourth-order valence-electron chi connectivity index (χ4n) is 3.65. The first-order chi connectivity index (χ1) is 15.2. The number of methoxy groups -OCH3 is 1. The molecule has 31 heavy (non-hydrogen) atoms. The van der Waals surface area contributed by atoms with Crippen molar-refractivity contribution in [3.8, 4) is 17.1 Å². The predicted molar refractivity (Wildman–Crippen MR) is 119 cm³/mol. The van der Waals surface area contributed by atoms with Crippen molar-refractivity contribution in [1.82, 2.24) is 19.8 Å². The van der Waals surface area contributed by atoms with E-state index in [1.807, 2.05) is 61.5 Å². The molecule has 0 atom stereocenters. The van der Waals surface area contributed by atoms with Gasteiger partial charge in [0.25, 0.3) is 5.91 Å². The molecule has 0 saturated heterocycles. The number of hydrogen-bond acceptors (Lipinski definition) is 5. The minimum atomic E-state index is -0.234. The molecule has 0 spiro atoms. The molecule has 1 amide bonds. The number of rotatable bonds is 4. The van der Waals surface area contributed by atoms with E-state index in [1.54, 1.807) is 29.8 Å². The Bertz CT molecular complexity index is 1420. The summed E-state index contributed by atoms with van der Waals surface area (Å²) >= 11 is 0. The SMILES string of the molecule is COc1ccccc1C(=O)Nc1ccc(-c2nnc3c4ccccc4c(C)nn23)cc1. The largest absolute Gasteiger partial charge is 0.496 e. The van der Waals surface area contributed by atoms with Crippen molar-refractivity contribution in [2.24, 2.45) is 0 Å². The number of nitrogens with one attached hydrogen (secondary N) is 1. The lowest BCUT2D eigenvalue weighted by Gasteiger charge is -2.09. The number of benzene rings is 3. The van der Waals surface area contributed by atoms with Crippen molar-refractivity contribution in [3.05, 3.63) is 84.1 Å². The average molecular weight is 409 g/mol. The molecule has 2 heterocycles. The Balaban J connectivity index is 1.47. The third-order valence-corrected chi connectivity index (χ3v) is 5.20. The molecule has 0 saturated carbocycles. The second kappa shape index (κ2) is 7.53.